The van der Waals surface area contributed by atoms with E-state index in [2.05, 4.69) is 16.9 Å². The van der Waals surface area contributed by atoms with Gasteiger partial charge in [-0.1, -0.05) is 24.9 Å². The minimum Gasteiger partial charge on any atom is -0.495 e. The van der Waals surface area contributed by atoms with Crippen LogP contribution in [0.5, 0.6) is 5.75 Å². The van der Waals surface area contributed by atoms with E-state index in [-0.39, 0.29) is 20.6 Å². The van der Waals surface area contributed by atoms with Crippen LogP contribution in [0.1, 0.15) is 19.8 Å². The molecule has 2 rings (SSSR count). The zero-order chi connectivity index (χ0) is 18.6. The third-order valence-electron chi connectivity index (χ3n) is 3.68. The van der Waals surface area contributed by atoms with Crippen molar-refractivity contribution >= 4 is 33.2 Å². The second kappa shape index (κ2) is 7.88. The van der Waals surface area contributed by atoms with Crippen LogP contribution in [0.15, 0.2) is 34.2 Å². The van der Waals surface area contributed by atoms with Crippen molar-refractivity contribution < 1.29 is 13.2 Å². The zero-order valence-electron chi connectivity index (χ0n) is 14.4. The van der Waals surface area contributed by atoms with Gasteiger partial charge in [-0.05, 0) is 24.6 Å². The van der Waals surface area contributed by atoms with Crippen molar-refractivity contribution in [1.29, 1.82) is 0 Å². The van der Waals surface area contributed by atoms with E-state index < -0.39 is 9.84 Å². The summed E-state index contributed by atoms with van der Waals surface area (Å²) in [6.07, 6.45) is 3.24. The van der Waals surface area contributed by atoms with Crippen LogP contribution in [0.4, 0.5) is 11.8 Å². The van der Waals surface area contributed by atoms with Crippen molar-refractivity contribution in [2.45, 2.75) is 29.6 Å². The summed E-state index contributed by atoms with van der Waals surface area (Å²) in [5.41, 5.74) is 5.89. The smallest absolute Gasteiger partial charge is 0.227 e. The standard InChI is InChI=1S/C16H21ClN4O3S/c1-4-5-8-21(2)16-19-10-14(15(18)20-16)25(22,23)11-6-7-13(24-3)12(17)9-11/h6-7,9-10H,4-5,8H2,1-3H3,(H2,18,19,20). The first kappa shape index (κ1) is 19.3. The number of rotatable bonds is 7. The highest BCUT2D eigenvalue weighted by Crippen LogP contribution is 2.31. The average molecular weight is 385 g/mol. The summed E-state index contributed by atoms with van der Waals surface area (Å²) in [5, 5.41) is 0.194. The molecule has 0 saturated heterocycles. The van der Waals surface area contributed by atoms with Gasteiger partial charge in [0.2, 0.25) is 15.8 Å². The first-order chi connectivity index (χ1) is 11.8. The fourth-order valence-corrected chi connectivity index (χ4v) is 3.81. The molecule has 0 aliphatic carbocycles. The fourth-order valence-electron chi connectivity index (χ4n) is 2.20. The van der Waals surface area contributed by atoms with Crippen LogP contribution in [0.3, 0.4) is 0 Å². The molecular formula is C16H21ClN4O3S. The number of hydrogen-bond acceptors (Lipinski definition) is 7. The molecule has 1 aromatic carbocycles. The van der Waals surface area contributed by atoms with Gasteiger partial charge in [-0.25, -0.2) is 13.4 Å². The predicted octanol–water partition coefficient (Wildman–Crippen LogP) is 2.79. The molecule has 0 bridgehead atoms. The molecule has 0 fully saturated rings. The Morgan fingerprint density at radius 2 is 2.08 bits per heavy atom. The van der Waals surface area contributed by atoms with Crippen LogP contribution >= 0.6 is 11.6 Å². The Morgan fingerprint density at radius 1 is 1.36 bits per heavy atom. The third-order valence-corrected chi connectivity index (χ3v) is 5.75. The Bertz CT molecular complexity index is 858. The monoisotopic (exact) mass is 384 g/mol. The van der Waals surface area contributed by atoms with Gasteiger partial charge in [-0.2, -0.15) is 4.98 Å². The molecular weight excluding hydrogens is 364 g/mol. The molecule has 2 N–H and O–H groups in total. The first-order valence-corrected chi connectivity index (χ1v) is 9.59. The second-order valence-electron chi connectivity index (χ2n) is 5.49. The number of nitrogens with zero attached hydrogens (tertiary/aromatic N) is 3. The Labute approximate surface area is 152 Å². The number of aromatic nitrogens is 2. The number of unbranched alkanes of at least 4 members (excludes halogenated alkanes) is 1. The molecule has 2 aromatic rings. The lowest BCUT2D eigenvalue weighted by Crippen LogP contribution is -2.22. The molecule has 0 radical (unpaired) electrons. The van der Waals surface area contributed by atoms with Gasteiger partial charge in [0, 0.05) is 13.6 Å². The highest BCUT2D eigenvalue weighted by Gasteiger charge is 2.24. The minimum absolute atomic E-state index is 0.000637. The van der Waals surface area contributed by atoms with Crippen molar-refractivity contribution in [2.24, 2.45) is 0 Å². The van der Waals surface area contributed by atoms with E-state index in [1.165, 1.54) is 31.5 Å². The average Bonchev–Trinajstić information content (AvgIpc) is 2.59. The SMILES string of the molecule is CCCCN(C)c1ncc(S(=O)(=O)c2ccc(OC)c(Cl)c2)c(N)n1. The van der Waals surface area contributed by atoms with Gasteiger partial charge in [0.1, 0.15) is 16.5 Å². The largest absolute Gasteiger partial charge is 0.495 e. The van der Waals surface area contributed by atoms with Gasteiger partial charge >= 0.3 is 0 Å². The fraction of sp³-hybridized carbons (Fsp3) is 0.375. The van der Waals surface area contributed by atoms with E-state index in [4.69, 9.17) is 22.1 Å². The number of anilines is 2. The molecule has 25 heavy (non-hydrogen) atoms. The molecule has 136 valence electrons. The second-order valence-corrected chi connectivity index (χ2v) is 7.82. The summed E-state index contributed by atoms with van der Waals surface area (Å²) < 4.78 is 30.6. The maximum Gasteiger partial charge on any atom is 0.227 e. The summed E-state index contributed by atoms with van der Waals surface area (Å²) in [6, 6.07) is 4.20. The van der Waals surface area contributed by atoms with Crippen LogP contribution in [0, 0.1) is 0 Å². The normalized spacial score (nSPS) is 11.4. The summed E-state index contributed by atoms with van der Waals surface area (Å²) >= 11 is 6.02. The minimum atomic E-state index is -3.89. The Balaban J connectivity index is 2.38. The number of hydrogen-bond donors (Lipinski definition) is 1. The van der Waals surface area contributed by atoms with Gasteiger partial charge in [0.15, 0.2) is 0 Å². The van der Waals surface area contributed by atoms with E-state index in [0.717, 1.165) is 19.4 Å². The van der Waals surface area contributed by atoms with Crippen molar-refractivity contribution in [3.63, 3.8) is 0 Å². The van der Waals surface area contributed by atoms with Crippen LogP contribution in [0.2, 0.25) is 5.02 Å². The van der Waals surface area contributed by atoms with Crippen LogP contribution in [-0.2, 0) is 9.84 Å². The highest BCUT2D eigenvalue weighted by molar-refractivity contribution is 7.91. The van der Waals surface area contributed by atoms with E-state index >= 15 is 0 Å². The third kappa shape index (κ3) is 4.13. The Kier molecular flexibility index (Phi) is 6.07. The van der Waals surface area contributed by atoms with Gasteiger partial charge in [0.05, 0.1) is 23.2 Å². The lowest BCUT2D eigenvalue weighted by atomic mass is 10.3. The van der Waals surface area contributed by atoms with Crippen LogP contribution in [-0.4, -0.2) is 39.1 Å². The number of nitrogen functional groups attached to an aromatic ring is 1. The molecule has 9 heteroatoms. The number of sulfone groups is 1. The van der Waals surface area contributed by atoms with Crippen LogP contribution in [0.25, 0.3) is 0 Å². The van der Waals surface area contributed by atoms with E-state index in [9.17, 15) is 8.42 Å². The van der Waals surface area contributed by atoms with Gasteiger partial charge in [-0.15, -0.1) is 0 Å². The number of ether oxygens (including phenoxy) is 1. The van der Waals surface area contributed by atoms with E-state index in [1.807, 2.05) is 11.9 Å². The predicted molar refractivity (Wildman–Crippen MR) is 98.1 cm³/mol. The summed E-state index contributed by atoms with van der Waals surface area (Å²) in [6.45, 7) is 2.84. The lowest BCUT2D eigenvalue weighted by molar-refractivity contribution is 0.414. The number of nitrogens with two attached hydrogens (primary N) is 1. The zero-order valence-corrected chi connectivity index (χ0v) is 15.9. The maximum absolute atomic E-state index is 12.8. The summed E-state index contributed by atoms with van der Waals surface area (Å²) in [4.78, 5) is 9.95. The summed E-state index contributed by atoms with van der Waals surface area (Å²) in [5.74, 6) is 0.677. The Morgan fingerprint density at radius 3 is 2.64 bits per heavy atom. The number of benzene rings is 1. The van der Waals surface area contributed by atoms with Gasteiger partial charge in [0.25, 0.3) is 0 Å². The topological polar surface area (TPSA) is 98.4 Å². The molecule has 0 spiro atoms. The van der Waals surface area contributed by atoms with Crippen molar-refractivity contribution in [3.05, 3.63) is 29.4 Å². The molecule has 0 aliphatic rings. The van der Waals surface area contributed by atoms with E-state index in [1.54, 1.807) is 0 Å². The lowest BCUT2D eigenvalue weighted by Gasteiger charge is -2.17. The number of methoxy groups -OCH3 is 1. The molecule has 0 unspecified atom stereocenters. The molecule has 0 amide bonds. The molecule has 0 saturated carbocycles. The molecule has 0 atom stereocenters. The van der Waals surface area contributed by atoms with E-state index in [0.29, 0.717) is 11.7 Å². The molecule has 1 heterocycles. The molecule has 7 nitrogen and oxygen atoms in total. The molecule has 1 aromatic heterocycles. The highest BCUT2D eigenvalue weighted by atomic mass is 35.5. The maximum atomic E-state index is 12.8. The van der Waals surface area contributed by atoms with Crippen molar-refractivity contribution in [3.8, 4) is 5.75 Å². The quantitative estimate of drug-likeness (QED) is 0.783. The van der Waals surface area contributed by atoms with Gasteiger partial charge in [-0.3, -0.25) is 0 Å². The first-order valence-electron chi connectivity index (χ1n) is 7.73. The molecule has 0 aliphatic heterocycles. The summed E-state index contributed by atoms with van der Waals surface area (Å²) in [7, 11) is -0.597. The van der Waals surface area contributed by atoms with Crippen molar-refractivity contribution in [1.82, 2.24) is 9.97 Å². The van der Waals surface area contributed by atoms with Crippen LogP contribution < -0.4 is 15.4 Å². The van der Waals surface area contributed by atoms with Gasteiger partial charge < -0.3 is 15.4 Å². The Hall–Kier alpha value is -2.06. The number of halogens is 1. The van der Waals surface area contributed by atoms with Crippen molar-refractivity contribution in [2.75, 3.05) is 31.3 Å².